The summed E-state index contributed by atoms with van der Waals surface area (Å²) >= 11 is 1.25. The topological polar surface area (TPSA) is 111 Å². The molecule has 2 atom stereocenters. The molecule has 10 nitrogen and oxygen atoms in total. The highest BCUT2D eigenvalue weighted by Crippen LogP contribution is 2.41. The van der Waals surface area contributed by atoms with E-state index >= 15 is 4.39 Å². The zero-order valence-corrected chi connectivity index (χ0v) is 29.3. The molecule has 5 aromatic rings. The quantitative estimate of drug-likeness (QED) is 0.161. The van der Waals surface area contributed by atoms with Gasteiger partial charge in [-0.3, -0.25) is 14.7 Å². The van der Waals surface area contributed by atoms with Gasteiger partial charge in [-0.25, -0.2) is 18.2 Å². The molecular weight excluding hydrogens is 690 g/mol. The number of carbonyl (C=O) groups excluding carboxylic acids is 1. The molecule has 0 bridgehead atoms. The monoisotopic (exact) mass is 724 g/mol. The molecule has 0 saturated carbocycles. The van der Waals surface area contributed by atoms with Gasteiger partial charge in [-0.15, -0.1) is 11.3 Å². The summed E-state index contributed by atoms with van der Waals surface area (Å²) in [5.41, 5.74) is 0.424. The predicted molar refractivity (Wildman–Crippen MR) is 193 cm³/mol. The molecule has 14 heteroatoms. The van der Waals surface area contributed by atoms with E-state index in [1.165, 1.54) is 22.4 Å². The van der Waals surface area contributed by atoms with Crippen molar-refractivity contribution in [1.82, 2.24) is 29.7 Å². The fourth-order valence-corrected chi connectivity index (χ4v) is 8.63. The Kier molecular flexibility index (Phi) is 9.00. The number of nitriles is 1. The molecule has 0 N–H and O–H groups in total. The Balaban J connectivity index is 1.14. The van der Waals surface area contributed by atoms with Crippen LogP contribution in [0.25, 0.3) is 39.0 Å². The summed E-state index contributed by atoms with van der Waals surface area (Å²) in [6.07, 6.45) is 6.39. The van der Waals surface area contributed by atoms with Crippen LogP contribution in [0.15, 0.2) is 60.0 Å². The zero-order valence-electron chi connectivity index (χ0n) is 28.4. The first-order valence-electron chi connectivity index (χ1n) is 17.3. The van der Waals surface area contributed by atoms with Crippen LogP contribution in [0.5, 0.6) is 6.01 Å². The summed E-state index contributed by atoms with van der Waals surface area (Å²) < 4.78 is 52.5. The highest BCUT2D eigenvalue weighted by Gasteiger charge is 2.49. The summed E-state index contributed by atoms with van der Waals surface area (Å²) in [5.74, 6) is -1.84. The van der Waals surface area contributed by atoms with Crippen molar-refractivity contribution in [2.75, 3.05) is 44.7 Å². The van der Waals surface area contributed by atoms with E-state index in [0.717, 1.165) is 30.8 Å². The van der Waals surface area contributed by atoms with Crippen molar-refractivity contribution >= 4 is 50.8 Å². The summed E-state index contributed by atoms with van der Waals surface area (Å²) in [5, 5.41) is 13.7. The van der Waals surface area contributed by atoms with E-state index in [4.69, 9.17) is 9.72 Å². The average Bonchev–Trinajstić information content (AvgIpc) is 3.89. The van der Waals surface area contributed by atoms with Crippen molar-refractivity contribution in [2.45, 2.75) is 49.9 Å². The van der Waals surface area contributed by atoms with Gasteiger partial charge in [0.15, 0.2) is 11.6 Å². The van der Waals surface area contributed by atoms with Crippen molar-refractivity contribution in [2.24, 2.45) is 0 Å². The van der Waals surface area contributed by atoms with Crippen molar-refractivity contribution < 1.29 is 22.7 Å². The second-order valence-corrected chi connectivity index (χ2v) is 14.6. The van der Waals surface area contributed by atoms with E-state index in [0.29, 0.717) is 71.6 Å². The second kappa shape index (κ2) is 13.8. The normalized spacial score (nSPS) is 21.1. The van der Waals surface area contributed by atoms with E-state index < -0.39 is 29.3 Å². The van der Waals surface area contributed by atoms with Gasteiger partial charge in [0.2, 0.25) is 0 Å². The maximum Gasteiger partial charge on any atom is 0.319 e. The number of carbonyl (C=O) groups is 1. The van der Waals surface area contributed by atoms with E-state index in [2.05, 4.69) is 25.9 Å². The Bertz CT molecular complexity index is 2230. The van der Waals surface area contributed by atoms with Gasteiger partial charge in [0.05, 0.1) is 22.6 Å². The molecule has 2 aromatic carbocycles. The maximum absolute atomic E-state index is 16.9. The van der Waals surface area contributed by atoms with Gasteiger partial charge < -0.3 is 14.5 Å². The number of hydrogen-bond donors (Lipinski definition) is 0. The minimum atomic E-state index is -0.942. The number of halogens is 3. The predicted octanol–water partition coefficient (Wildman–Crippen LogP) is 6.71. The smallest absolute Gasteiger partial charge is 0.319 e. The highest BCUT2D eigenvalue weighted by molar-refractivity contribution is 7.10. The van der Waals surface area contributed by atoms with Crippen LogP contribution in [0.1, 0.15) is 42.7 Å². The van der Waals surface area contributed by atoms with Crippen LogP contribution in [-0.4, -0.2) is 93.2 Å². The van der Waals surface area contributed by atoms with Gasteiger partial charge in [-0.2, -0.15) is 15.2 Å². The SMILES string of the molecule is CN(c1nc(OC[C@@]23CCCN2CC(F)C3)nc2c(F)c(-c3cccc4cccc(C#N)c34)ncc12)C1CCN(C(=O)/C(F)=C/c2nccs2)CC1. The van der Waals surface area contributed by atoms with E-state index in [1.807, 2.05) is 24.1 Å². The molecule has 0 radical (unpaired) electrons. The number of amides is 1. The number of anilines is 1. The first kappa shape index (κ1) is 34.0. The number of rotatable bonds is 8. The van der Waals surface area contributed by atoms with Crippen LogP contribution in [0.4, 0.5) is 19.0 Å². The second-order valence-electron chi connectivity index (χ2n) is 13.7. The molecule has 3 aromatic heterocycles. The molecule has 52 heavy (non-hydrogen) atoms. The number of alkyl halides is 1. The lowest BCUT2D eigenvalue weighted by atomic mass is 9.95. The number of nitrogens with zero attached hydrogens (tertiary/aromatic N) is 8. The Morgan fingerprint density at radius 3 is 2.75 bits per heavy atom. The third-order valence-corrected chi connectivity index (χ3v) is 11.4. The van der Waals surface area contributed by atoms with Crippen LogP contribution in [0.3, 0.4) is 0 Å². The van der Waals surface area contributed by atoms with Gasteiger partial charge in [-0.1, -0.05) is 30.3 Å². The fourth-order valence-electron chi connectivity index (χ4n) is 8.08. The molecule has 1 unspecified atom stereocenters. The average molecular weight is 725 g/mol. The maximum atomic E-state index is 16.9. The molecule has 3 fully saturated rings. The number of fused-ring (bicyclic) bond motifs is 3. The Hall–Kier alpha value is -5.13. The number of piperidine rings is 1. The third-order valence-electron chi connectivity index (χ3n) is 10.7. The van der Waals surface area contributed by atoms with Crippen molar-refractivity contribution in [3.63, 3.8) is 0 Å². The van der Waals surface area contributed by atoms with Crippen LogP contribution < -0.4 is 9.64 Å². The Labute approximate surface area is 302 Å². The number of pyridine rings is 1. The molecule has 3 aliphatic rings. The van der Waals surface area contributed by atoms with Crippen LogP contribution in [-0.2, 0) is 4.79 Å². The molecule has 1 amide bonds. The standard InChI is InChI=1S/C38H35F3N8O2S/c1-47(26-9-14-48(15-10-26)36(50)29(40)17-30-43-12-16-52-30)35-28-20-44-33(27-8-3-6-23-5-2-7-24(19-42)31(23)27)32(41)34(28)45-37(46-35)51-22-38-11-4-13-49(38)21-25(39)18-38/h2-3,5-8,12,16-17,20,25-26H,4,9-11,13-15,18,21-22H2,1H3/b29-17-/t25?,38-/m0/s1. The van der Waals surface area contributed by atoms with Crippen molar-refractivity contribution in [3.8, 4) is 23.3 Å². The molecule has 266 valence electrons. The molecule has 6 heterocycles. The lowest BCUT2D eigenvalue weighted by Crippen LogP contribution is -2.46. The minimum Gasteiger partial charge on any atom is -0.461 e. The number of thiazole rings is 1. The van der Waals surface area contributed by atoms with Crippen LogP contribution in [0.2, 0.25) is 0 Å². The lowest BCUT2D eigenvalue weighted by Gasteiger charge is -2.37. The van der Waals surface area contributed by atoms with Crippen LogP contribution in [0, 0.1) is 17.1 Å². The van der Waals surface area contributed by atoms with Gasteiger partial charge >= 0.3 is 6.01 Å². The number of hydrogen-bond acceptors (Lipinski definition) is 10. The summed E-state index contributed by atoms with van der Waals surface area (Å²) in [6, 6.07) is 12.8. The highest BCUT2D eigenvalue weighted by atomic mass is 32.1. The Morgan fingerprint density at radius 1 is 1.17 bits per heavy atom. The first-order valence-corrected chi connectivity index (χ1v) is 18.2. The van der Waals surface area contributed by atoms with Gasteiger partial charge in [0, 0.05) is 73.9 Å². The first-order chi connectivity index (χ1) is 25.2. The number of likely N-dealkylation sites (tertiary alicyclic amines) is 1. The summed E-state index contributed by atoms with van der Waals surface area (Å²) in [7, 11) is 1.84. The molecule has 0 aliphatic carbocycles. The van der Waals surface area contributed by atoms with E-state index in [9.17, 15) is 18.8 Å². The van der Waals surface area contributed by atoms with Crippen LogP contribution >= 0.6 is 11.3 Å². The van der Waals surface area contributed by atoms with E-state index in [-0.39, 0.29) is 29.9 Å². The largest absolute Gasteiger partial charge is 0.461 e. The molecule has 3 aliphatic heterocycles. The lowest BCUT2D eigenvalue weighted by molar-refractivity contribution is -0.129. The number of ether oxygens (including phenoxy) is 1. The van der Waals surface area contributed by atoms with E-state index in [1.54, 1.807) is 35.8 Å². The molecule has 0 spiro atoms. The summed E-state index contributed by atoms with van der Waals surface area (Å²) in [6.45, 7) is 1.93. The van der Waals surface area contributed by atoms with Crippen molar-refractivity contribution in [3.05, 3.63) is 76.4 Å². The van der Waals surface area contributed by atoms with Crippen molar-refractivity contribution in [1.29, 1.82) is 5.26 Å². The molecule has 8 rings (SSSR count). The Morgan fingerprint density at radius 2 is 1.98 bits per heavy atom. The van der Waals surface area contributed by atoms with Gasteiger partial charge in [-0.05, 0) is 43.7 Å². The molecular formula is C38H35F3N8O2S. The van der Waals surface area contributed by atoms with Gasteiger partial charge in [0.1, 0.15) is 34.8 Å². The third kappa shape index (κ3) is 6.11. The number of benzene rings is 2. The minimum absolute atomic E-state index is 0.000804. The zero-order chi connectivity index (χ0) is 36.0. The fraction of sp³-hybridized carbons (Fsp3) is 0.368. The molecule has 3 saturated heterocycles. The summed E-state index contributed by atoms with van der Waals surface area (Å²) in [4.78, 5) is 36.4. The van der Waals surface area contributed by atoms with Gasteiger partial charge in [0.25, 0.3) is 5.91 Å². The number of aromatic nitrogens is 4.